The van der Waals surface area contributed by atoms with Crippen LogP contribution >= 0.6 is 15.9 Å². The summed E-state index contributed by atoms with van der Waals surface area (Å²) in [6, 6.07) is 13.6. The van der Waals surface area contributed by atoms with Crippen LogP contribution in [-0.4, -0.2) is 5.78 Å². The van der Waals surface area contributed by atoms with E-state index in [0.29, 0.717) is 0 Å². The Balaban J connectivity index is 2.38. The summed E-state index contributed by atoms with van der Waals surface area (Å²) in [5.74, 6) is 0.0800. The molecule has 2 rings (SSSR count). The largest absolute Gasteiger partial charge is 0.289 e. The van der Waals surface area contributed by atoms with E-state index in [-0.39, 0.29) is 5.78 Å². The van der Waals surface area contributed by atoms with Gasteiger partial charge in [-0.2, -0.15) is 0 Å². The van der Waals surface area contributed by atoms with E-state index in [1.54, 1.807) is 0 Å². The maximum Gasteiger partial charge on any atom is 0.193 e. The molecule has 0 unspecified atom stereocenters. The molecule has 0 aliphatic heterocycles. The highest BCUT2D eigenvalue weighted by molar-refractivity contribution is 9.10. The van der Waals surface area contributed by atoms with Crippen LogP contribution in [0.4, 0.5) is 0 Å². The van der Waals surface area contributed by atoms with E-state index in [0.717, 1.165) is 27.6 Å². The number of rotatable bonds is 3. The molecule has 0 N–H and O–H groups in total. The Morgan fingerprint density at radius 2 is 1.78 bits per heavy atom. The third kappa shape index (κ3) is 2.54. The first-order valence-corrected chi connectivity index (χ1v) is 6.81. The van der Waals surface area contributed by atoms with Crippen LogP contribution in [0.2, 0.25) is 0 Å². The van der Waals surface area contributed by atoms with Crippen LogP contribution in [0.3, 0.4) is 0 Å². The molecule has 0 atom stereocenters. The second-order valence-corrected chi connectivity index (χ2v) is 5.15. The van der Waals surface area contributed by atoms with Crippen molar-refractivity contribution in [3.8, 4) is 0 Å². The lowest BCUT2D eigenvalue weighted by Crippen LogP contribution is -2.04. The quantitative estimate of drug-likeness (QED) is 0.760. The molecule has 0 heterocycles. The summed E-state index contributed by atoms with van der Waals surface area (Å²) in [7, 11) is 0. The average Bonchev–Trinajstić information content (AvgIpc) is 2.41. The van der Waals surface area contributed by atoms with Gasteiger partial charge in [-0.1, -0.05) is 59.3 Å². The maximum absolute atomic E-state index is 12.4. The lowest BCUT2D eigenvalue weighted by molar-refractivity contribution is 0.103. The first-order valence-electron chi connectivity index (χ1n) is 6.02. The second kappa shape index (κ2) is 5.49. The minimum absolute atomic E-state index is 0.0800. The smallest absolute Gasteiger partial charge is 0.193 e. The minimum Gasteiger partial charge on any atom is -0.289 e. The van der Waals surface area contributed by atoms with E-state index in [2.05, 4.69) is 22.9 Å². The highest BCUT2D eigenvalue weighted by Gasteiger charge is 2.12. The van der Waals surface area contributed by atoms with Gasteiger partial charge in [-0.25, -0.2) is 0 Å². The van der Waals surface area contributed by atoms with Crippen molar-refractivity contribution in [1.82, 2.24) is 0 Å². The molecule has 0 saturated carbocycles. The number of carbonyl (C=O) groups is 1. The fourth-order valence-corrected chi connectivity index (χ4v) is 2.27. The standard InChI is InChI=1S/C16H15BrO/c1-3-12-7-9-13(10-8-12)16(18)14-5-4-6-15(17)11(14)2/h4-10H,3H2,1-2H3. The second-order valence-electron chi connectivity index (χ2n) is 4.29. The number of hydrogen-bond acceptors (Lipinski definition) is 1. The van der Waals surface area contributed by atoms with Crippen molar-refractivity contribution in [2.45, 2.75) is 20.3 Å². The van der Waals surface area contributed by atoms with Gasteiger partial charge in [0, 0.05) is 15.6 Å². The summed E-state index contributed by atoms with van der Waals surface area (Å²) in [5.41, 5.74) is 3.74. The third-order valence-electron chi connectivity index (χ3n) is 3.14. The van der Waals surface area contributed by atoms with E-state index in [1.807, 2.05) is 49.4 Å². The van der Waals surface area contributed by atoms with Gasteiger partial charge in [0.05, 0.1) is 0 Å². The van der Waals surface area contributed by atoms with Crippen molar-refractivity contribution in [1.29, 1.82) is 0 Å². The highest BCUT2D eigenvalue weighted by atomic mass is 79.9. The van der Waals surface area contributed by atoms with E-state index in [4.69, 9.17) is 0 Å². The Morgan fingerprint density at radius 3 is 2.39 bits per heavy atom. The van der Waals surface area contributed by atoms with Crippen LogP contribution in [0.25, 0.3) is 0 Å². The number of halogens is 1. The van der Waals surface area contributed by atoms with Gasteiger partial charge in [0.2, 0.25) is 0 Å². The van der Waals surface area contributed by atoms with Crippen molar-refractivity contribution < 1.29 is 4.79 Å². The van der Waals surface area contributed by atoms with Gasteiger partial charge in [-0.15, -0.1) is 0 Å². The molecule has 2 heteroatoms. The van der Waals surface area contributed by atoms with Crippen molar-refractivity contribution in [3.05, 3.63) is 69.2 Å². The van der Waals surface area contributed by atoms with Crippen molar-refractivity contribution >= 4 is 21.7 Å². The van der Waals surface area contributed by atoms with Gasteiger partial charge in [-0.3, -0.25) is 4.79 Å². The molecule has 0 bridgehead atoms. The molecule has 1 nitrogen and oxygen atoms in total. The Morgan fingerprint density at radius 1 is 1.11 bits per heavy atom. The average molecular weight is 303 g/mol. The summed E-state index contributed by atoms with van der Waals surface area (Å²) < 4.78 is 0.971. The van der Waals surface area contributed by atoms with Crippen LogP contribution in [-0.2, 0) is 6.42 Å². The molecular weight excluding hydrogens is 288 g/mol. The molecule has 0 spiro atoms. The number of benzene rings is 2. The number of ketones is 1. The van der Waals surface area contributed by atoms with Crippen molar-refractivity contribution in [2.24, 2.45) is 0 Å². The van der Waals surface area contributed by atoms with Gasteiger partial charge in [-0.05, 0) is 30.5 Å². The monoisotopic (exact) mass is 302 g/mol. The molecule has 92 valence electrons. The van der Waals surface area contributed by atoms with E-state index in [1.165, 1.54) is 5.56 Å². The number of carbonyl (C=O) groups excluding carboxylic acids is 1. The molecule has 0 aliphatic carbocycles. The normalized spacial score (nSPS) is 10.4. The number of aryl methyl sites for hydroxylation is 1. The fraction of sp³-hybridized carbons (Fsp3) is 0.188. The molecule has 0 aromatic heterocycles. The van der Waals surface area contributed by atoms with E-state index in [9.17, 15) is 4.79 Å². The van der Waals surface area contributed by atoms with E-state index < -0.39 is 0 Å². The molecule has 0 fully saturated rings. The van der Waals surface area contributed by atoms with Crippen LogP contribution < -0.4 is 0 Å². The summed E-state index contributed by atoms with van der Waals surface area (Å²) >= 11 is 3.46. The lowest BCUT2D eigenvalue weighted by Gasteiger charge is -2.07. The predicted molar refractivity (Wildman–Crippen MR) is 78.1 cm³/mol. The van der Waals surface area contributed by atoms with Crippen LogP contribution in [0, 0.1) is 6.92 Å². The first kappa shape index (κ1) is 13.0. The molecule has 0 aliphatic rings. The molecule has 2 aromatic rings. The Kier molecular flexibility index (Phi) is 3.97. The highest BCUT2D eigenvalue weighted by Crippen LogP contribution is 2.22. The maximum atomic E-state index is 12.4. The molecule has 0 amide bonds. The lowest BCUT2D eigenvalue weighted by atomic mass is 9.98. The fourth-order valence-electron chi connectivity index (χ4n) is 1.90. The van der Waals surface area contributed by atoms with Gasteiger partial charge < -0.3 is 0 Å². The van der Waals surface area contributed by atoms with Crippen molar-refractivity contribution in [2.75, 3.05) is 0 Å². The summed E-state index contributed by atoms with van der Waals surface area (Å²) in [4.78, 5) is 12.4. The molecule has 0 radical (unpaired) electrons. The molecule has 18 heavy (non-hydrogen) atoms. The van der Waals surface area contributed by atoms with Gasteiger partial charge in [0.1, 0.15) is 0 Å². The zero-order chi connectivity index (χ0) is 13.1. The zero-order valence-electron chi connectivity index (χ0n) is 10.5. The van der Waals surface area contributed by atoms with E-state index >= 15 is 0 Å². The van der Waals surface area contributed by atoms with Gasteiger partial charge in [0.25, 0.3) is 0 Å². The van der Waals surface area contributed by atoms with Crippen molar-refractivity contribution in [3.63, 3.8) is 0 Å². The van der Waals surface area contributed by atoms with Crippen LogP contribution in [0.5, 0.6) is 0 Å². The predicted octanol–water partition coefficient (Wildman–Crippen LogP) is 4.55. The Bertz CT molecular complexity index is 570. The number of hydrogen-bond donors (Lipinski definition) is 0. The van der Waals surface area contributed by atoms with Crippen LogP contribution in [0.15, 0.2) is 46.9 Å². The summed E-state index contributed by atoms with van der Waals surface area (Å²) in [6.07, 6.45) is 0.990. The first-order chi connectivity index (χ1) is 8.63. The topological polar surface area (TPSA) is 17.1 Å². The Labute approximate surface area is 116 Å². The minimum atomic E-state index is 0.0800. The summed E-state index contributed by atoms with van der Waals surface area (Å²) in [6.45, 7) is 4.06. The summed E-state index contributed by atoms with van der Waals surface area (Å²) in [5, 5.41) is 0. The third-order valence-corrected chi connectivity index (χ3v) is 4.00. The zero-order valence-corrected chi connectivity index (χ0v) is 12.1. The van der Waals surface area contributed by atoms with Crippen LogP contribution in [0.1, 0.15) is 34.0 Å². The van der Waals surface area contributed by atoms with Gasteiger partial charge >= 0.3 is 0 Å². The molecule has 2 aromatic carbocycles. The molecule has 0 saturated heterocycles. The molecular formula is C16H15BrO. The van der Waals surface area contributed by atoms with Gasteiger partial charge in [0.15, 0.2) is 5.78 Å². The SMILES string of the molecule is CCc1ccc(C(=O)c2cccc(Br)c2C)cc1. The Hall–Kier alpha value is -1.41.